The van der Waals surface area contributed by atoms with Gasteiger partial charge in [-0.2, -0.15) is 0 Å². The van der Waals surface area contributed by atoms with Gasteiger partial charge in [-0.05, 0) is 61.8 Å². The van der Waals surface area contributed by atoms with Gasteiger partial charge in [0.15, 0.2) is 0 Å². The summed E-state index contributed by atoms with van der Waals surface area (Å²) in [6.45, 7) is 17.9. The molecule has 0 aromatic rings. The van der Waals surface area contributed by atoms with Crippen LogP contribution in [0.4, 0.5) is 0 Å². The molecule has 0 fully saturated rings. The van der Waals surface area contributed by atoms with E-state index >= 15 is 0 Å². The molecule has 0 bridgehead atoms. The molecule has 0 rings (SSSR count). The largest absolute Gasteiger partial charge is 3.00 e. The summed E-state index contributed by atoms with van der Waals surface area (Å²) >= 11 is 28.8. The third-order valence-electron chi connectivity index (χ3n) is 1.78. The van der Waals surface area contributed by atoms with Crippen LogP contribution >= 0.6 is 23.6 Å². The molecule has 0 saturated carbocycles. The molecule has 0 heterocycles. The predicted octanol–water partition coefficient (Wildman–Crippen LogP) is 6.08. The van der Waals surface area contributed by atoms with Crippen molar-refractivity contribution in [2.24, 2.45) is 0 Å². The Morgan fingerprint density at radius 1 is 0.733 bits per heavy atom. The average Bonchev–Trinajstić information content (AvgIpc) is 2.40. The van der Waals surface area contributed by atoms with Crippen molar-refractivity contribution in [2.75, 3.05) is 6.61 Å². The quantitative estimate of drug-likeness (QED) is 0.117. The van der Waals surface area contributed by atoms with Gasteiger partial charge in [0.2, 0.25) is 0 Å². The van der Waals surface area contributed by atoms with Crippen LogP contribution in [0.5, 0.6) is 0 Å². The fourth-order valence-corrected chi connectivity index (χ4v) is 7.73. The van der Waals surface area contributed by atoms with Crippen LogP contribution in [0, 0.1) is 0 Å². The molecule has 30 heavy (non-hydrogen) atoms. The Bertz CT molecular complexity index is 460. The second kappa shape index (κ2) is 22.2. The summed E-state index contributed by atoms with van der Waals surface area (Å²) < 4.78 is 26.0. The Balaban J connectivity index is -0.000000171. The molecule has 0 unspecified atom stereocenters. The second-order valence-corrected chi connectivity index (χ2v) is 17.4. The molecule has 0 aromatic carbocycles. The van der Waals surface area contributed by atoms with Gasteiger partial charge in [0.25, 0.3) is 0 Å². The third-order valence-corrected chi connectivity index (χ3v) is 6.80. The maximum atomic E-state index is 5.27. The van der Waals surface area contributed by atoms with E-state index in [1.165, 1.54) is 0 Å². The maximum absolute atomic E-state index is 5.27. The molecule has 0 amide bonds. The van der Waals surface area contributed by atoms with Gasteiger partial charge in [-0.25, -0.2) is 0 Å². The van der Waals surface area contributed by atoms with E-state index in [4.69, 9.17) is 70.9 Å². The van der Waals surface area contributed by atoms with Crippen LogP contribution in [-0.2, 0) is 83.6 Å². The number of rotatable bonds is 10. The number of hydrogen-bond acceptors (Lipinski definition) is 11. The van der Waals surface area contributed by atoms with Crippen LogP contribution in [0.25, 0.3) is 0 Å². The molecule has 2 radical (unpaired) electrons. The molecule has 180 valence electrons. The normalized spacial score (nSPS) is 11.4. The number of ether oxygens (including phenoxy) is 1. The van der Waals surface area contributed by atoms with Gasteiger partial charge in [-0.15, -0.1) is 0 Å². The summed E-state index contributed by atoms with van der Waals surface area (Å²) in [6, 6.07) is 0. The molecule has 0 N–H and O–H groups in total. The Morgan fingerprint density at radius 2 is 0.967 bits per heavy atom. The van der Waals surface area contributed by atoms with Crippen LogP contribution in [0.15, 0.2) is 0 Å². The molecule has 5 nitrogen and oxygen atoms in total. The second-order valence-electron chi connectivity index (χ2n) is 6.61. The number of thiocarbonyl (C=S) groups is 1. The molecular formula is C16H35O5P2S6Sb. The minimum absolute atomic E-state index is 0. The topological polar surface area (TPSA) is 46.2 Å². The zero-order valence-corrected chi connectivity index (χ0v) is 28.3. The molecule has 0 aliphatic carbocycles. The van der Waals surface area contributed by atoms with Gasteiger partial charge >= 0.3 is 24.4 Å². The molecule has 0 aliphatic rings. The van der Waals surface area contributed by atoms with E-state index < -0.39 is 11.4 Å². The molecular weight excluding hydrogens is 648 g/mol. The smallest absolute Gasteiger partial charge is 0.691 e. The van der Waals surface area contributed by atoms with Crippen molar-refractivity contribution in [3.05, 3.63) is 0 Å². The Labute approximate surface area is 233 Å². The first kappa shape index (κ1) is 40.0. The minimum Gasteiger partial charge on any atom is -0.691 e. The van der Waals surface area contributed by atoms with Crippen LogP contribution in [0.1, 0.15) is 68.7 Å². The molecule has 14 heteroatoms. The van der Waals surface area contributed by atoms with Crippen LogP contribution in [-0.4, -0.2) is 59.8 Å². The van der Waals surface area contributed by atoms with Gasteiger partial charge in [-0.3, -0.25) is 0 Å². The van der Waals surface area contributed by atoms with Gasteiger partial charge in [-0.1, -0.05) is 30.5 Å². The van der Waals surface area contributed by atoms with Crippen LogP contribution < -0.4 is 0 Å². The summed E-state index contributed by atoms with van der Waals surface area (Å²) in [5.74, 6) is 0. The fraction of sp³-hybridized carbons (Fsp3) is 0.938. The fourth-order valence-electron chi connectivity index (χ4n) is 1.27. The molecule has 0 aromatic heterocycles. The van der Waals surface area contributed by atoms with E-state index in [-0.39, 0.29) is 53.2 Å². The van der Waals surface area contributed by atoms with Gasteiger partial charge in [0, 0.05) is 4.38 Å². The predicted molar refractivity (Wildman–Crippen MR) is 150 cm³/mol. The Hall–Kier alpha value is 2.77. The van der Waals surface area contributed by atoms with Crippen molar-refractivity contribution >= 4 is 113 Å². The standard InChI is InChI=1S/2C6H15O2PS2.C4H8OS2.Sb/c2*1-5(2)7-9(10,11)8-6(3)4;1-2-3-5-4(6)7;/h2*5-6H,1-4H3,(H,10,11);2-3H2,1H3,(H,6,7);/q;;;+3/p-3. The first-order valence-electron chi connectivity index (χ1n) is 9.13. The van der Waals surface area contributed by atoms with Crippen molar-refractivity contribution < 1.29 is 22.8 Å². The third kappa shape index (κ3) is 38.1. The number of hydrogen-bond donors (Lipinski definition) is 0. The van der Waals surface area contributed by atoms with E-state index in [1.54, 1.807) is 0 Å². The van der Waals surface area contributed by atoms with E-state index in [2.05, 4.69) is 24.8 Å². The van der Waals surface area contributed by atoms with Crippen molar-refractivity contribution in [3.8, 4) is 0 Å². The molecule has 0 spiro atoms. The van der Waals surface area contributed by atoms with Crippen molar-refractivity contribution in [1.82, 2.24) is 0 Å². The molecule has 0 aliphatic heterocycles. The molecule has 0 atom stereocenters. The monoisotopic (exact) mass is 682 g/mol. The summed E-state index contributed by atoms with van der Waals surface area (Å²) in [5, 5.41) is 0. The Morgan fingerprint density at radius 3 is 1.07 bits per heavy atom. The zero-order chi connectivity index (χ0) is 23.8. The van der Waals surface area contributed by atoms with Gasteiger partial charge in [0.1, 0.15) is 0 Å². The molecule has 0 saturated heterocycles. The zero-order valence-electron chi connectivity index (χ0n) is 19.1. The van der Waals surface area contributed by atoms with Crippen molar-refractivity contribution in [1.29, 1.82) is 0 Å². The average molecular weight is 684 g/mol. The Kier molecular flexibility index (Phi) is 29.6. The first-order chi connectivity index (χ1) is 12.9. The first-order valence-corrected chi connectivity index (χ1v) is 17.2. The van der Waals surface area contributed by atoms with Crippen LogP contribution in [0.2, 0.25) is 0 Å². The summed E-state index contributed by atoms with van der Waals surface area (Å²) in [4.78, 5) is 0. The van der Waals surface area contributed by atoms with Gasteiger partial charge in [0.05, 0.1) is 42.4 Å². The summed E-state index contributed by atoms with van der Waals surface area (Å²) in [7, 11) is 0. The van der Waals surface area contributed by atoms with Crippen LogP contribution in [0.3, 0.4) is 0 Å². The van der Waals surface area contributed by atoms with E-state index in [1.807, 2.05) is 62.3 Å². The van der Waals surface area contributed by atoms with Gasteiger partial charge < -0.3 is 72.2 Å². The van der Waals surface area contributed by atoms with E-state index in [0.717, 1.165) is 6.42 Å². The van der Waals surface area contributed by atoms with Crippen molar-refractivity contribution in [2.45, 2.75) is 93.2 Å². The van der Waals surface area contributed by atoms with E-state index in [0.29, 0.717) is 6.61 Å². The minimum atomic E-state index is -2.39. The maximum Gasteiger partial charge on any atom is 3.00 e. The summed E-state index contributed by atoms with van der Waals surface area (Å²) in [5.41, 5.74) is -4.78. The van der Waals surface area contributed by atoms with E-state index in [9.17, 15) is 0 Å². The SMILES string of the molecule is CC(C)OP(=S)([S-])OC(C)C.CC(C)OP(=S)([S-])OC(C)C.CCCOC(=S)[S-].[Sb+3]. The van der Waals surface area contributed by atoms with Crippen molar-refractivity contribution in [3.63, 3.8) is 0 Å². The summed E-state index contributed by atoms with van der Waals surface area (Å²) in [6.07, 6.45) is 1.18.